The minimum atomic E-state index is 0.487. The van der Waals surface area contributed by atoms with Crippen molar-refractivity contribution in [3.8, 4) is 22.3 Å². The van der Waals surface area contributed by atoms with Crippen molar-refractivity contribution in [1.29, 1.82) is 0 Å². The Bertz CT molecular complexity index is 775. The third-order valence-electron chi connectivity index (χ3n) is 2.98. The highest BCUT2D eigenvalue weighted by atomic mass is 32.1. The van der Waals surface area contributed by atoms with E-state index in [9.17, 15) is 0 Å². The first-order valence-corrected chi connectivity index (χ1v) is 7.00. The summed E-state index contributed by atoms with van der Waals surface area (Å²) in [6.07, 6.45) is 1.80. The van der Waals surface area contributed by atoms with E-state index in [4.69, 9.17) is 10.3 Å². The second kappa shape index (κ2) is 4.72. The number of thiophene rings is 1. The Labute approximate surface area is 120 Å². The minimum Gasteiger partial charge on any atom is -0.391 e. The van der Waals surface area contributed by atoms with Gasteiger partial charge in [-0.2, -0.15) is 4.98 Å². The molecule has 3 aromatic heterocycles. The fraction of sp³-hybridized carbons (Fsp3) is 0.214. The molecule has 0 radical (unpaired) electrons. The molecule has 3 aromatic rings. The summed E-state index contributed by atoms with van der Waals surface area (Å²) >= 11 is 1.44. The van der Waals surface area contributed by atoms with Gasteiger partial charge in [0.05, 0.1) is 9.88 Å². The first-order valence-electron chi connectivity index (χ1n) is 6.18. The van der Waals surface area contributed by atoms with E-state index in [2.05, 4.69) is 15.1 Å². The summed E-state index contributed by atoms with van der Waals surface area (Å²) in [7, 11) is 0. The van der Waals surface area contributed by atoms with Crippen LogP contribution in [0.5, 0.6) is 0 Å². The molecule has 0 amide bonds. The van der Waals surface area contributed by atoms with Crippen molar-refractivity contribution in [1.82, 2.24) is 15.1 Å². The van der Waals surface area contributed by atoms with Crippen LogP contribution in [-0.4, -0.2) is 15.1 Å². The molecule has 0 aliphatic heterocycles. The fourth-order valence-corrected chi connectivity index (χ4v) is 2.94. The summed E-state index contributed by atoms with van der Waals surface area (Å²) < 4.78 is 5.34. The smallest absolute Gasteiger partial charge is 0.268 e. The van der Waals surface area contributed by atoms with Gasteiger partial charge in [-0.1, -0.05) is 11.2 Å². The number of rotatable bonds is 2. The van der Waals surface area contributed by atoms with Gasteiger partial charge >= 0.3 is 0 Å². The van der Waals surface area contributed by atoms with E-state index in [1.54, 1.807) is 6.20 Å². The van der Waals surface area contributed by atoms with Gasteiger partial charge in [0, 0.05) is 6.20 Å². The second-order valence-electron chi connectivity index (χ2n) is 4.76. The Morgan fingerprint density at radius 3 is 2.60 bits per heavy atom. The van der Waals surface area contributed by atoms with Gasteiger partial charge in [0.15, 0.2) is 0 Å². The molecule has 0 fully saturated rings. The summed E-state index contributed by atoms with van der Waals surface area (Å²) in [5, 5.41) is 4.76. The monoisotopic (exact) mass is 286 g/mol. The zero-order chi connectivity index (χ0) is 14.3. The van der Waals surface area contributed by atoms with Crippen LogP contribution in [-0.2, 0) is 0 Å². The molecule has 3 rings (SSSR count). The summed E-state index contributed by atoms with van der Waals surface area (Å²) in [5.74, 6) is 0.991. The topological polar surface area (TPSA) is 77.8 Å². The van der Waals surface area contributed by atoms with E-state index in [0.717, 1.165) is 32.3 Å². The van der Waals surface area contributed by atoms with Gasteiger partial charge in [-0.3, -0.25) is 4.98 Å². The Morgan fingerprint density at radius 1 is 1.15 bits per heavy atom. The molecule has 0 aliphatic carbocycles. The van der Waals surface area contributed by atoms with Crippen LogP contribution in [0, 0.1) is 20.8 Å². The van der Waals surface area contributed by atoms with Gasteiger partial charge in [-0.15, -0.1) is 11.3 Å². The SMILES string of the molecule is Cc1cnc(-c2noc(-c3sc(N)cc3C)n2)c(C)c1. The predicted octanol–water partition coefficient (Wildman–Crippen LogP) is 3.37. The summed E-state index contributed by atoms with van der Waals surface area (Å²) in [6.45, 7) is 5.96. The quantitative estimate of drug-likeness (QED) is 0.781. The third kappa shape index (κ3) is 2.18. The number of aryl methyl sites for hydroxylation is 3. The molecule has 3 heterocycles. The van der Waals surface area contributed by atoms with Crippen LogP contribution < -0.4 is 5.73 Å². The molecule has 0 spiro atoms. The van der Waals surface area contributed by atoms with Crippen molar-refractivity contribution in [2.75, 3.05) is 5.73 Å². The largest absolute Gasteiger partial charge is 0.391 e. The lowest BCUT2D eigenvalue weighted by molar-refractivity contribution is 0.433. The first-order chi connectivity index (χ1) is 9.54. The average Bonchev–Trinajstić information content (AvgIpc) is 2.96. The molecule has 0 aromatic carbocycles. The van der Waals surface area contributed by atoms with Crippen molar-refractivity contribution in [2.24, 2.45) is 0 Å². The summed E-state index contributed by atoms with van der Waals surface area (Å²) in [5.41, 5.74) is 9.71. The van der Waals surface area contributed by atoms with Crippen molar-refractivity contribution in [3.05, 3.63) is 35.0 Å². The number of nitrogens with two attached hydrogens (primary N) is 1. The third-order valence-corrected chi connectivity index (χ3v) is 4.04. The lowest BCUT2D eigenvalue weighted by Gasteiger charge is -2.00. The second-order valence-corrected chi connectivity index (χ2v) is 5.85. The normalized spacial score (nSPS) is 10.9. The van der Waals surface area contributed by atoms with E-state index < -0.39 is 0 Å². The molecule has 2 N–H and O–H groups in total. The molecule has 0 bridgehead atoms. The van der Waals surface area contributed by atoms with Gasteiger partial charge in [0.25, 0.3) is 5.89 Å². The Hall–Kier alpha value is -2.21. The maximum atomic E-state index is 5.79. The van der Waals surface area contributed by atoms with Gasteiger partial charge in [-0.05, 0) is 43.5 Å². The number of nitrogens with zero attached hydrogens (tertiary/aromatic N) is 3. The maximum Gasteiger partial charge on any atom is 0.268 e. The zero-order valence-corrected chi connectivity index (χ0v) is 12.3. The first kappa shape index (κ1) is 12.8. The molecular weight excluding hydrogens is 272 g/mol. The lowest BCUT2D eigenvalue weighted by atomic mass is 10.1. The van der Waals surface area contributed by atoms with E-state index >= 15 is 0 Å². The highest BCUT2D eigenvalue weighted by Gasteiger charge is 2.16. The van der Waals surface area contributed by atoms with Crippen LogP contribution in [0.2, 0.25) is 0 Å². The number of aromatic nitrogens is 3. The minimum absolute atomic E-state index is 0.487. The van der Waals surface area contributed by atoms with Crippen molar-refractivity contribution in [2.45, 2.75) is 20.8 Å². The van der Waals surface area contributed by atoms with Crippen molar-refractivity contribution < 1.29 is 4.52 Å². The molecule has 0 saturated carbocycles. The number of pyridine rings is 1. The molecule has 0 saturated heterocycles. The van der Waals surface area contributed by atoms with E-state index in [1.165, 1.54) is 11.3 Å². The van der Waals surface area contributed by atoms with Crippen LogP contribution in [0.4, 0.5) is 5.00 Å². The van der Waals surface area contributed by atoms with Crippen LogP contribution in [0.25, 0.3) is 22.3 Å². The maximum absolute atomic E-state index is 5.79. The molecule has 102 valence electrons. The summed E-state index contributed by atoms with van der Waals surface area (Å²) in [6, 6.07) is 3.95. The van der Waals surface area contributed by atoms with E-state index in [0.29, 0.717) is 11.7 Å². The van der Waals surface area contributed by atoms with E-state index in [-0.39, 0.29) is 0 Å². The van der Waals surface area contributed by atoms with Gasteiger partial charge in [0.2, 0.25) is 5.82 Å². The van der Waals surface area contributed by atoms with Crippen LogP contribution in [0.3, 0.4) is 0 Å². The lowest BCUT2D eigenvalue weighted by Crippen LogP contribution is -1.91. The van der Waals surface area contributed by atoms with E-state index in [1.807, 2.05) is 32.9 Å². The Morgan fingerprint density at radius 2 is 1.95 bits per heavy atom. The van der Waals surface area contributed by atoms with Crippen LogP contribution in [0.15, 0.2) is 22.9 Å². The number of hydrogen-bond donors (Lipinski definition) is 1. The predicted molar refractivity (Wildman–Crippen MR) is 79.5 cm³/mol. The van der Waals surface area contributed by atoms with Gasteiger partial charge in [-0.25, -0.2) is 0 Å². The van der Waals surface area contributed by atoms with Crippen molar-refractivity contribution >= 4 is 16.3 Å². The zero-order valence-electron chi connectivity index (χ0n) is 11.5. The fourth-order valence-electron chi connectivity index (χ4n) is 2.08. The van der Waals surface area contributed by atoms with Crippen molar-refractivity contribution in [3.63, 3.8) is 0 Å². The molecule has 0 atom stereocenters. The molecule has 6 heteroatoms. The summed E-state index contributed by atoms with van der Waals surface area (Å²) in [4.78, 5) is 9.71. The molecular formula is C14H14N4OS. The van der Waals surface area contributed by atoms with Crippen LogP contribution in [0.1, 0.15) is 16.7 Å². The molecule has 5 nitrogen and oxygen atoms in total. The number of anilines is 1. The number of nitrogen functional groups attached to an aromatic ring is 1. The van der Waals surface area contributed by atoms with Crippen LogP contribution >= 0.6 is 11.3 Å². The molecule has 0 unspecified atom stereocenters. The number of hydrogen-bond acceptors (Lipinski definition) is 6. The standard InChI is InChI=1S/C14H14N4OS/c1-7-4-8(2)11(16-6-7)13-17-14(19-18-13)12-9(3)5-10(15)20-12/h4-6H,15H2,1-3H3. The van der Waals surface area contributed by atoms with Gasteiger partial charge < -0.3 is 10.3 Å². The highest BCUT2D eigenvalue weighted by Crippen LogP contribution is 2.33. The molecule has 20 heavy (non-hydrogen) atoms. The molecule has 0 aliphatic rings. The highest BCUT2D eigenvalue weighted by molar-refractivity contribution is 7.19. The Balaban J connectivity index is 2.04. The average molecular weight is 286 g/mol. The Kier molecular flexibility index (Phi) is 3.02. The van der Waals surface area contributed by atoms with Gasteiger partial charge in [0.1, 0.15) is 5.69 Å².